The largest absolute Gasteiger partial charge is 0.348 e. The van der Waals surface area contributed by atoms with Crippen molar-refractivity contribution in [1.82, 2.24) is 0 Å². The molecule has 2 N–H and O–H groups in total. The Kier molecular flexibility index (Phi) is 1.87. The predicted octanol–water partition coefficient (Wildman–Crippen LogP) is 1.51. The van der Waals surface area contributed by atoms with Gasteiger partial charge in [-0.05, 0) is 26.2 Å². The van der Waals surface area contributed by atoms with Gasteiger partial charge < -0.3 is 15.2 Å². The minimum absolute atomic E-state index is 0.110. The zero-order valence-corrected chi connectivity index (χ0v) is 9.76. The summed E-state index contributed by atoms with van der Waals surface area (Å²) in [5, 5.41) is 0. The van der Waals surface area contributed by atoms with Crippen molar-refractivity contribution in [3.05, 3.63) is 0 Å². The molecule has 82 valence electrons. The first kappa shape index (κ1) is 10.4. The molecule has 0 aromatic heterocycles. The summed E-state index contributed by atoms with van der Waals surface area (Å²) >= 11 is 0. The average Bonchev–Trinajstić information content (AvgIpc) is 2.32. The third kappa shape index (κ3) is 1.23. The van der Waals surface area contributed by atoms with Crippen LogP contribution in [0.2, 0.25) is 0 Å². The molecule has 14 heavy (non-hydrogen) atoms. The summed E-state index contributed by atoms with van der Waals surface area (Å²) in [6, 6.07) is 0. The Morgan fingerprint density at radius 1 is 1.14 bits per heavy atom. The van der Waals surface area contributed by atoms with Crippen LogP contribution in [0.3, 0.4) is 0 Å². The van der Waals surface area contributed by atoms with Crippen LogP contribution in [0, 0.1) is 11.3 Å². The Morgan fingerprint density at radius 3 is 1.93 bits per heavy atom. The molecule has 0 amide bonds. The molecule has 0 unspecified atom stereocenters. The second-order valence-electron chi connectivity index (χ2n) is 5.85. The molecule has 2 fully saturated rings. The fraction of sp³-hybridized carbons (Fsp3) is 1.00. The second kappa shape index (κ2) is 2.52. The second-order valence-corrected chi connectivity index (χ2v) is 5.85. The first-order chi connectivity index (χ1) is 6.18. The molecule has 0 bridgehead atoms. The number of hydrogen-bond donors (Lipinski definition) is 1. The van der Waals surface area contributed by atoms with Gasteiger partial charge in [-0.2, -0.15) is 0 Å². The van der Waals surface area contributed by atoms with E-state index in [1.54, 1.807) is 0 Å². The summed E-state index contributed by atoms with van der Waals surface area (Å²) < 4.78 is 11.4. The van der Waals surface area contributed by atoms with Crippen LogP contribution in [-0.4, -0.2) is 24.0 Å². The molecule has 1 aliphatic carbocycles. The zero-order chi connectivity index (χ0) is 10.8. The summed E-state index contributed by atoms with van der Waals surface area (Å²) in [4.78, 5) is 0. The number of rotatable bonds is 1. The van der Waals surface area contributed by atoms with Crippen molar-refractivity contribution in [1.29, 1.82) is 0 Å². The molecule has 1 aliphatic heterocycles. The Labute approximate surface area is 85.9 Å². The Balaban J connectivity index is 2.07. The minimum Gasteiger partial charge on any atom is -0.348 e. The monoisotopic (exact) mass is 199 g/mol. The molecule has 2 aliphatic rings. The molecule has 3 atom stereocenters. The average molecular weight is 199 g/mol. The van der Waals surface area contributed by atoms with E-state index in [4.69, 9.17) is 15.2 Å². The predicted molar refractivity (Wildman–Crippen MR) is 54.8 cm³/mol. The molecule has 1 heterocycles. The van der Waals surface area contributed by atoms with Gasteiger partial charge in [0.15, 0.2) is 5.79 Å². The van der Waals surface area contributed by atoms with Gasteiger partial charge in [-0.25, -0.2) is 0 Å². The lowest BCUT2D eigenvalue weighted by atomic mass is 10.1. The summed E-state index contributed by atoms with van der Waals surface area (Å²) in [6.07, 6.45) is 0.162. The van der Waals surface area contributed by atoms with E-state index >= 15 is 0 Å². The van der Waals surface area contributed by atoms with Crippen LogP contribution in [0.5, 0.6) is 0 Å². The van der Waals surface area contributed by atoms with Gasteiger partial charge in [0.1, 0.15) is 0 Å². The lowest BCUT2D eigenvalue weighted by Crippen LogP contribution is -2.29. The summed E-state index contributed by atoms with van der Waals surface area (Å²) in [5.74, 6) is -0.0175. The Bertz CT molecular complexity index is 244. The van der Waals surface area contributed by atoms with Gasteiger partial charge >= 0.3 is 0 Å². The highest BCUT2D eigenvalue weighted by Gasteiger charge is 2.70. The molecule has 1 saturated carbocycles. The summed E-state index contributed by atoms with van der Waals surface area (Å²) in [6.45, 7) is 11.1. The molecule has 0 radical (unpaired) electrons. The van der Waals surface area contributed by atoms with Gasteiger partial charge in [-0.3, -0.25) is 0 Å². The molecular formula is C11H21NO2. The van der Waals surface area contributed by atoms with Gasteiger partial charge in [0.05, 0.1) is 12.7 Å². The van der Waals surface area contributed by atoms with E-state index in [0.29, 0.717) is 12.5 Å². The molecule has 0 aromatic carbocycles. The standard InChI is InChI=1S/C11H21NO2/c1-9(2)8(11(9,5)12)7-6-13-10(3,4)14-7/h7-8H,6,12H2,1-5H3/t7-,8-,11+/m1/s1. The zero-order valence-electron chi connectivity index (χ0n) is 9.76. The first-order valence-electron chi connectivity index (χ1n) is 5.29. The molecule has 2 rings (SSSR count). The fourth-order valence-electron chi connectivity index (χ4n) is 2.79. The lowest BCUT2D eigenvalue weighted by molar-refractivity contribution is -0.141. The summed E-state index contributed by atoms with van der Waals surface area (Å²) in [5.41, 5.74) is 6.28. The Hall–Kier alpha value is -0.120. The summed E-state index contributed by atoms with van der Waals surface area (Å²) in [7, 11) is 0. The van der Waals surface area contributed by atoms with Crippen LogP contribution in [0.25, 0.3) is 0 Å². The molecule has 3 heteroatoms. The fourth-order valence-corrected chi connectivity index (χ4v) is 2.79. The first-order valence-corrected chi connectivity index (χ1v) is 5.29. The van der Waals surface area contributed by atoms with Crippen LogP contribution in [0.1, 0.15) is 34.6 Å². The van der Waals surface area contributed by atoms with Crippen molar-refractivity contribution < 1.29 is 9.47 Å². The van der Waals surface area contributed by atoms with Crippen LogP contribution >= 0.6 is 0 Å². The SMILES string of the molecule is CC1(C)OC[C@H]([C@@H]2C(C)(C)[C@@]2(C)N)O1. The van der Waals surface area contributed by atoms with Crippen molar-refractivity contribution >= 4 is 0 Å². The molecule has 0 spiro atoms. The molecule has 0 aromatic rings. The number of nitrogens with two attached hydrogens (primary N) is 1. The number of ether oxygens (including phenoxy) is 2. The van der Waals surface area contributed by atoms with E-state index in [1.165, 1.54) is 0 Å². The maximum Gasteiger partial charge on any atom is 0.163 e. The lowest BCUT2D eigenvalue weighted by Gasteiger charge is -2.17. The van der Waals surface area contributed by atoms with E-state index < -0.39 is 5.79 Å². The smallest absolute Gasteiger partial charge is 0.163 e. The van der Waals surface area contributed by atoms with E-state index in [-0.39, 0.29) is 17.1 Å². The van der Waals surface area contributed by atoms with Crippen molar-refractivity contribution in [2.45, 2.75) is 52.0 Å². The maximum absolute atomic E-state index is 6.22. The Morgan fingerprint density at radius 2 is 1.64 bits per heavy atom. The van der Waals surface area contributed by atoms with Crippen LogP contribution < -0.4 is 5.73 Å². The topological polar surface area (TPSA) is 44.5 Å². The van der Waals surface area contributed by atoms with Gasteiger partial charge in [-0.15, -0.1) is 0 Å². The highest BCUT2D eigenvalue weighted by Crippen LogP contribution is 2.62. The van der Waals surface area contributed by atoms with Gasteiger partial charge in [0.25, 0.3) is 0 Å². The van der Waals surface area contributed by atoms with Gasteiger partial charge in [-0.1, -0.05) is 13.8 Å². The normalized spacial score (nSPS) is 49.3. The van der Waals surface area contributed by atoms with Crippen LogP contribution in [-0.2, 0) is 9.47 Å². The molecular weight excluding hydrogens is 178 g/mol. The van der Waals surface area contributed by atoms with Crippen molar-refractivity contribution in [3.63, 3.8) is 0 Å². The van der Waals surface area contributed by atoms with E-state index in [1.807, 2.05) is 13.8 Å². The van der Waals surface area contributed by atoms with E-state index in [0.717, 1.165) is 0 Å². The van der Waals surface area contributed by atoms with Crippen molar-refractivity contribution in [3.8, 4) is 0 Å². The number of hydrogen-bond acceptors (Lipinski definition) is 3. The van der Waals surface area contributed by atoms with Crippen molar-refractivity contribution in [2.75, 3.05) is 6.61 Å². The van der Waals surface area contributed by atoms with Crippen molar-refractivity contribution in [2.24, 2.45) is 17.1 Å². The molecule has 1 saturated heterocycles. The third-order valence-electron chi connectivity index (χ3n) is 4.13. The van der Waals surface area contributed by atoms with Crippen LogP contribution in [0.15, 0.2) is 0 Å². The van der Waals surface area contributed by atoms with Gasteiger partial charge in [0.2, 0.25) is 0 Å². The van der Waals surface area contributed by atoms with E-state index in [2.05, 4.69) is 20.8 Å². The highest BCUT2D eigenvalue weighted by molar-refractivity contribution is 5.22. The maximum atomic E-state index is 6.22. The minimum atomic E-state index is -0.431. The van der Waals surface area contributed by atoms with E-state index in [9.17, 15) is 0 Å². The van der Waals surface area contributed by atoms with Crippen LogP contribution in [0.4, 0.5) is 0 Å². The molecule has 3 nitrogen and oxygen atoms in total. The van der Waals surface area contributed by atoms with Gasteiger partial charge in [0, 0.05) is 11.5 Å². The third-order valence-corrected chi connectivity index (χ3v) is 4.13. The highest BCUT2D eigenvalue weighted by atomic mass is 16.7. The quantitative estimate of drug-likeness (QED) is 0.696.